The molecule has 2 aromatic rings. The third-order valence-electron chi connectivity index (χ3n) is 3.78. The van der Waals surface area contributed by atoms with Gasteiger partial charge in [-0.2, -0.15) is 0 Å². The average Bonchev–Trinajstić information content (AvgIpc) is 2.67. The predicted molar refractivity (Wildman–Crippen MR) is 117 cm³/mol. The SMILES string of the molecule is C=CCCC(=O)Nc1ccc2nc(/C(=C/C)S/C=C\C)cc(OCC)c2c1. The van der Waals surface area contributed by atoms with Crippen molar-refractivity contribution in [3.05, 3.63) is 60.2 Å². The molecular formula is C22H26N2O2S. The Balaban J connectivity index is 2.42. The first-order chi connectivity index (χ1) is 13.1. The number of ether oxygens (including phenoxy) is 1. The molecule has 142 valence electrons. The number of nitrogens with one attached hydrogen (secondary N) is 1. The van der Waals surface area contributed by atoms with Gasteiger partial charge < -0.3 is 10.1 Å². The molecule has 0 aliphatic rings. The van der Waals surface area contributed by atoms with Crippen LogP contribution in [0.4, 0.5) is 5.69 Å². The van der Waals surface area contributed by atoms with Crippen molar-refractivity contribution in [2.45, 2.75) is 33.6 Å². The quantitative estimate of drug-likeness (QED) is 0.527. The number of anilines is 1. The molecule has 5 heteroatoms. The number of fused-ring (bicyclic) bond motifs is 1. The first-order valence-electron chi connectivity index (χ1n) is 9.05. The van der Waals surface area contributed by atoms with Gasteiger partial charge in [-0.3, -0.25) is 4.79 Å². The summed E-state index contributed by atoms with van der Waals surface area (Å²) in [4.78, 5) is 17.8. The van der Waals surface area contributed by atoms with Crippen LogP contribution in [0.1, 0.15) is 39.3 Å². The highest BCUT2D eigenvalue weighted by Gasteiger charge is 2.11. The number of rotatable bonds is 9. The van der Waals surface area contributed by atoms with E-state index in [9.17, 15) is 4.79 Å². The van der Waals surface area contributed by atoms with E-state index < -0.39 is 0 Å². The third-order valence-corrected chi connectivity index (χ3v) is 4.88. The van der Waals surface area contributed by atoms with Gasteiger partial charge in [0.25, 0.3) is 0 Å². The highest BCUT2D eigenvalue weighted by molar-refractivity contribution is 8.10. The molecule has 1 amide bonds. The highest BCUT2D eigenvalue weighted by Crippen LogP contribution is 2.34. The van der Waals surface area contributed by atoms with Gasteiger partial charge in [0, 0.05) is 28.5 Å². The number of hydrogen-bond acceptors (Lipinski definition) is 4. The summed E-state index contributed by atoms with van der Waals surface area (Å²) >= 11 is 1.63. The summed E-state index contributed by atoms with van der Waals surface area (Å²) in [6.45, 7) is 10.1. The number of benzene rings is 1. The Morgan fingerprint density at radius 3 is 2.81 bits per heavy atom. The predicted octanol–water partition coefficient (Wildman–Crippen LogP) is 6.17. The van der Waals surface area contributed by atoms with Crippen LogP contribution in [0, 0.1) is 0 Å². The molecule has 0 aliphatic carbocycles. The van der Waals surface area contributed by atoms with Gasteiger partial charge in [0.1, 0.15) is 5.75 Å². The van der Waals surface area contributed by atoms with Gasteiger partial charge in [-0.1, -0.05) is 30.0 Å². The van der Waals surface area contributed by atoms with Gasteiger partial charge in [0.15, 0.2) is 0 Å². The molecule has 1 heterocycles. The number of nitrogens with zero attached hydrogens (tertiary/aromatic N) is 1. The molecule has 1 N–H and O–H groups in total. The first-order valence-corrected chi connectivity index (χ1v) is 9.93. The number of hydrogen-bond donors (Lipinski definition) is 1. The van der Waals surface area contributed by atoms with Crippen molar-refractivity contribution in [3.63, 3.8) is 0 Å². The highest BCUT2D eigenvalue weighted by atomic mass is 32.2. The number of carbonyl (C=O) groups excluding carboxylic acids is 1. The van der Waals surface area contributed by atoms with Gasteiger partial charge in [-0.05, 0) is 50.8 Å². The molecule has 0 spiro atoms. The van der Waals surface area contributed by atoms with Crippen LogP contribution < -0.4 is 10.1 Å². The van der Waals surface area contributed by atoms with Crippen LogP contribution in [0.3, 0.4) is 0 Å². The summed E-state index contributed by atoms with van der Waals surface area (Å²) in [6, 6.07) is 7.66. The lowest BCUT2D eigenvalue weighted by Gasteiger charge is -2.13. The summed E-state index contributed by atoms with van der Waals surface area (Å²) in [7, 11) is 0. The average molecular weight is 383 g/mol. The number of aromatic nitrogens is 1. The zero-order valence-electron chi connectivity index (χ0n) is 16.1. The van der Waals surface area contributed by atoms with Crippen molar-refractivity contribution in [1.82, 2.24) is 4.98 Å². The second-order valence-corrected chi connectivity index (χ2v) is 6.73. The number of amides is 1. The lowest BCUT2D eigenvalue weighted by atomic mass is 10.1. The molecule has 1 aromatic carbocycles. The normalized spacial score (nSPS) is 11.7. The van der Waals surface area contributed by atoms with Crippen molar-refractivity contribution in [3.8, 4) is 5.75 Å². The zero-order chi connectivity index (χ0) is 19.6. The van der Waals surface area contributed by atoms with E-state index in [1.165, 1.54) is 0 Å². The monoisotopic (exact) mass is 382 g/mol. The standard InChI is InChI=1S/C22H26N2O2S/c1-5-9-10-22(25)23-16-11-12-18-17(14-16)20(26-8-4)15-19(24-18)21(7-3)27-13-6-2/h5-7,11-15H,1,8-10H2,2-4H3,(H,23,25)/b13-6-,21-7-. The Hall–Kier alpha value is -2.53. The minimum absolute atomic E-state index is 0.0317. The molecule has 1 aromatic heterocycles. The van der Waals surface area contributed by atoms with Gasteiger partial charge in [-0.15, -0.1) is 6.58 Å². The Labute approximate surface area is 165 Å². The molecule has 27 heavy (non-hydrogen) atoms. The topological polar surface area (TPSA) is 51.2 Å². The fourth-order valence-corrected chi connectivity index (χ4v) is 3.19. The van der Waals surface area contributed by atoms with E-state index in [-0.39, 0.29) is 5.91 Å². The molecule has 0 aliphatic heterocycles. The van der Waals surface area contributed by atoms with Crippen molar-refractivity contribution in [2.24, 2.45) is 0 Å². The Kier molecular flexibility index (Phi) is 8.14. The van der Waals surface area contributed by atoms with Crippen LogP contribution in [0.5, 0.6) is 5.75 Å². The van der Waals surface area contributed by atoms with Crippen molar-refractivity contribution in [1.29, 1.82) is 0 Å². The smallest absolute Gasteiger partial charge is 0.224 e. The molecule has 0 atom stereocenters. The summed E-state index contributed by atoms with van der Waals surface area (Å²) < 4.78 is 5.86. The third kappa shape index (κ3) is 5.73. The molecule has 0 fully saturated rings. The maximum atomic E-state index is 12.0. The maximum absolute atomic E-state index is 12.0. The van der Waals surface area contributed by atoms with E-state index in [2.05, 4.69) is 11.9 Å². The van der Waals surface area contributed by atoms with Crippen LogP contribution >= 0.6 is 11.8 Å². The van der Waals surface area contributed by atoms with E-state index in [1.807, 2.05) is 62.6 Å². The molecule has 0 bridgehead atoms. The van der Waals surface area contributed by atoms with Crippen LogP contribution in [0.25, 0.3) is 15.8 Å². The summed E-state index contributed by atoms with van der Waals surface area (Å²) in [6.07, 6.45) is 6.86. The molecular weight excluding hydrogens is 356 g/mol. The fourth-order valence-electron chi connectivity index (χ4n) is 2.55. The van der Waals surface area contributed by atoms with Crippen LogP contribution in [-0.4, -0.2) is 17.5 Å². The maximum Gasteiger partial charge on any atom is 0.224 e. The molecule has 0 saturated carbocycles. The van der Waals surface area contributed by atoms with Gasteiger partial charge >= 0.3 is 0 Å². The minimum atomic E-state index is -0.0317. The molecule has 4 nitrogen and oxygen atoms in total. The first kappa shape index (κ1) is 20.8. The molecule has 0 saturated heterocycles. The lowest BCUT2D eigenvalue weighted by Crippen LogP contribution is -2.10. The summed E-state index contributed by atoms with van der Waals surface area (Å²) in [5.74, 6) is 0.732. The van der Waals surface area contributed by atoms with Gasteiger partial charge in [-0.25, -0.2) is 4.98 Å². The van der Waals surface area contributed by atoms with E-state index in [4.69, 9.17) is 9.72 Å². The second-order valence-electron chi connectivity index (χ2n) is 5.79. The van der Waals surface area contributed by atoms with E-state index in [0.717, 1.165) is 32.9 Å². The van der Waals surface area contributed by atoms with Crippen molar-refractivity contribution in [2.75, 3.05) is 11.9 Å². The van der Waals surface area contributed by atoms with Crippen molar-refractivity contribution >= 4 is 39.2 Å². The van der Waals surface area contributed by atoms with E-state index in [1.54, 1.807) is 17.8 Å². The van der Waals surface area contributed by atoms with Gasteiger partial charge in [0.2, 0.25) is 5.91 Å². The minimum Gasteiger partial charge on any atom is -0.493 e. The zero-order valence-corrected chi connectivity index (χ0v) is 16.9. The molecule has 0 radical (unpaired) electrons. The van der Waals surface area contributed by atoms with E-state index in [0.29, 0.717) is 19.4 Å². The number of carbonyl (C=O) groups is 1. The number of allylic oxidation sites excluding steroid dienone is 3. The fraction of sp³-hybridized carbons (Fsp3) is 0.273. The summed E-state index contributed by atoms with van der Waals surface area (Å²) in [5.41, 5.74) is 2.45. The van der Waals surface area contributed by atoms with Crippen LogP contribution in [0.15, 0.2) is 54.5 Å². The van der Waals surface area contributed by atoms with Gasteiger partial charge in [0.05, 0.1) is 17.8 Å². The largest absolute Gasteiger partial charge is 0.493 e. The van der Waals surface area contributed by atoms with Crippen LogP contribution in [-0.2, 0) is 4.79 Å². The van der Waals surface area contributed by atoms with Crippen LogP contribution in [0.2, 0.25) is 0 Å². The molecule has 0 unspecified atom stereocenters. The summed E-state index contributed by atoms with van der Waals surface area (Å²) in [5, 5.41) is 5.83. The molecule has 2 rings (SSSR count). The van der Waals surface area contributed by atoms with E-state index >= 15 is 0 Å². The Morgan fingerprint density at radius 2 is 2.15 bits per heavy atom. The number of thioether (sulfide) groups is 1. The number of pyridine rings is 1. The Morgan fingerprint density at radius 1 is 1.33 bits per heavy atom. The Bertz CT molecular complexity index is 872. The van der Waals surface area contributed by atoms with Crippen molar-refractivity contribution < 1.29 is 9.53 Å². The lowest BCUT2D eigenvalue weighted by molar-refractivity contribution is -0.116. The second kappa shape index (κ2) is 10.6.